The van der Waals surface area contributed by atoms with Gasteiger partial charge in [-0.05, 0) is 40.2 Å². The molecule has 2 aromatic rings. The molecule has 0 aliphatic rings. The number of hydrogen-bond acceptors (Lipinski definition) is 4. The van der Waals surface area contributed by atoms with Gasteiger partial charge in [-0.3, -0.25) is 20.4 Å². The van der Waals surface area contributed by atoms with Crippen LogP contribution in [0.4, 0.5) is 0 Å². The van der Waals surface area contributed by atoms with E-state index in [1.165, 1.54) is 24.3 Å². The second-order valence-corrected chi connectivity index (χ2v) is 7.37. The van der Waals surface area contributed by atoms with Crippen molar-refractivity contribution in [3.63, 3.8) is 0 Å². The Labute approximate surface area is 135 Å². The Morgan fingerprint density at radius 2 is 1.82 bits per heavy atom. The summed E-state index contributed by atoms with van der Waals surface area (Å²) in [5, 5.41) is 0. The summed E-state index contributed by atoms with van der Waals surface area (Å²) in [6.07, 6.45) is 2.63. The van der Waals surface area contributed by atoms with Crippen molar-refractivity contribution >= 4 is 37.6 Å². The molecule has 22 heavy (non-hydrogen) atoms. The lowest BCUT2D eigenvalue weighted by Gasteiger charge is -2.07. The maximum atomic E-state index is 11.9. The summed E-state index contributed by atoms with van der Waals surface area (Å²) in [7, 11) is -3.41. The molecule has 0 radical (unpaired) electrons. The zero-order valence-corrected chi connectivity index (χ0v) is 13.8. The molecule has 0 aliphatic heterocycles. The zero-order valence-electron chi connectivity index (χ0n) is 11.4. The number of nitrogens with one attached hydrogen (secondary N) is 3. The van der Waals surface area contributed by atoms with Gasteiger partial charge in [0.2, 0.25) is 0 Å². The Balaban J connectivity index is 2.05. The molecule has 0 atom stereocenters. The maximum absolute atomic E-state index is 11.9. The number of carbonyl (C=O) groups is 2. The van der Waals surface area contributed by atoms with Gasteiger partial charge in [0, 0.05) is 22.5 Å². The average Bonchev–Trinajstić information content (AvgIpc) is 2.90. The third-order valence-corrected chi connectivity index (χ3v) is 4.27. The van der Waals surface area contributed by atoms with Gasteiger partial charge in [-0.1, -0.05) is 6.07 Å². The van der Waals surface area contributed by atoms with E-state index >= 15 is 0 Å². The largest absolute Gasteiger partial charge is 0.356 e. The number of aromatic nitrogens is 1. The van der Waals surface area contributed by atoms with E-state index < -0.39 is 21.7 Å². The highest BCUT2D eigenvalue weighted by Crippen LogP contribution is 2.11. The van der Waals surface area contributed by atoms with Crippen molar-refractivity contribution in [3.8, 4) is 0 Å². The number of carbonyl (C=O) groups excluding carboxylic acids is 2. The molecule has 1 heterocycles. The van der Waals surface area contributed by atoms with Crippen LogP contribution in [0.5, 0.6) is 0 Å². The molecule has 2 amide bonds. The normalized spacial score (nSPS) is 11.0. The highest BCUT2D eigenvalue weighted by atomic mass is 79.9. The molecule has 9 heteroatoms. The van der Waals surface area contributed by atoms with E-state index in [4.69, 9.17) is 0 Å². The van der Waals surface area contributed by atoms with Crippen molar-refractivity contribution in [2.75, 3.05) is 6.26 Å². The molecule has 2 rings (SSSR count). The Morgan fingerprint density at radius 1 is 1.14 bits per heavy atom. The molecule has 116 valence electrons. The number of aromatic amines is 1. The summed E-state index contributed by atoms with van der Waals surface area (Å²) in [5.74, 6) is -1.15. The Bertz CT molecular complexity index is 829. The summed E-state index contributed by atoms with van der Waals surface area (Å²) in [6.45, 7) is 0. The number of rotatable bonds is 3. The lowest BCUT2D eigenvalue weighted by atomic mass is 10.2. The first-order chi connectivity index (χ1) is 10.3. The van der Waals surface area contributed by atoms with Crippen LogP contribution < -0.4 is 10.9 Å². The van der Waals surface area contributed by atoms with Gasteiger partial charge in [0.1, 0.15) is 5.69 Å². The minimum Gasteiger partial charge on any atom is -0.356 e. The van der Waals surface area contributed by atoms with Gasteiger partial charge < -0.3 is 4.98 Å². The van der Waals surface area contributed by atoms with Crippen molar-refractivity contribution in [2.45, 2.75) is 4.90 Å². The first-order valence-electron chi connectivity index (χ1n) is 6.02. The topological polar surface area (TPSA) is 108 Å². The molecule has 0 fully saturated rings. The fraction of sp³-hybridized carbons (Fsp3) is 0.0769. The summed E-state index contributed by atoms with van der Waals surface area (Å²) >= 11 is 3.19. The van der Waals surface area contributed by atoms with Gasteiger partial charge in [-0.2, -0.15) is 0 Å². The zero-order chi connectivity index (χ0) is 16.3. The minimum atomic E-state index is -3.41. The highest BCUT2D eigenvalue weighted by molar-refractivity contribution is 9.10. The number of H-pyrrole nitrogens is 1. The van der Waals surface area contributed by atoms with Crippen LogP contribution >= 0.6 is 15.9 Å². The van der Waals surface area contributed by atoms with Gasteiger partial charge in [0.25, 0.3) is 11.8 Å². The molecular formula is C13H12BrN3O4S. The van der Waals surface area contributed by atoms with Gasteiger partial charge in [0.05, 0.1) is 4.90 Å². The fourth-order valence-corrected chi connectivity index (χ4v) is 2.63. The van der Waals surface area contributed by atoms with E-state index in [0.29, 0.717) is 4.47 Å². The smallest absolute Gasteiger partial charge is 0.286 e. The predicted molar refractivity (Wildman–Crippen MR) is 83.0 cm³/mol. The second-order valence-electron chi connectivity index (χ2n) is 4.44. The standard InChI is InChI=1S/C13H12BrN3O4S/c1-22(20,21)10-4-2-3-8(5-10)12(18)16-17-13(19)11-6-9(14)7-15-11/h2-7,15H,1H3,(H,16,18)(H,17,19). The molecule has 0 saturated heterocycles. The number of hydrogen-bond donors (Lipinski definition) is 3. The fourth-order valence-electron chi connectivity index (χ4n) is 1.62. The first kappa shape index (κ1) is 16.2. The van der Waals surface area contributed by atoms with E-state index in [1.54, 1.807) is 12.3 Å². The summed E-state index contributed by atoms with van der Waals surface area (Å²) in [6, 6.07) is 7.07. The molecule has 0 unspecified atom stereocenters. The van der Waals surface area contributed by atoms with E-state index in [-0.39, 0.29) is 16.2 Å². The first-order valence-corrected chi connectivity index (χ1v) is 8.70. The minimum absolute atomic E-state index is 0.0276. The SMILES string of the molecule is CS(=O)(=O)c1cccc(C(=O)NNC(=O)c2cc(Br)c[nH]2)c1. The quantitative estimate of drug-likeness (QED) is 0.690. The van der Waals surface area contributed by atoms with E-state index in [1.807, 2.05) is 0 Å². The number of amides is 2. The van der Waals surface area contributed by atoms with Crippen LogP contribution in [0.15, 0.2) is 45.9 Å². The van der Waals surface area contributed by atoms with Gasteiger partial charge in [0.15, 0.2) is 9.84 Å². The summed E-state index contributed by atoms with van der Waals surface area (Å²) in [4.78, 5) is 26.4. The van der Waals surface area contributed by atoms with E-state index in [0.717, 1.165) is 6.26 Å². The third-order valence-electron chi connectivity index (χ3n) is 2.71. The van der Waals surface area contributed by atoms with Crippen molar-refractivity contribution in [1.29, 1.82) is 0 Å². The lowest BCUT2D eigenvalue weighted by Crippen LogP contribution is -2.41. The molecule has 0 saturated carbocycles. The summed E-state index contributed by atoms with van der Waals surface area (Å²) < 4.78 is 23.6. The van der Waals surface area contributed by atoms with Gasteiger partial charge >= 0.3 is 0 Å². The third kappa shape index (κ3) is 3.95. The van der Waals surface area contributed by atoms with Crippen molar-refractivity contribution in [3.05, 3.63) is 52.3 Å². The maximum Gasteiger partial charge on any atom is 0.286 e. The van der Waals surface area contributed by atoms with Crippen LogP contribution in [0.2, 0.25) is 0 Å². The molecule has 7 nitrogen and oxygen atoms in total. The Morgan fingerprint density at radius 3 is 2.41 bits per heavy atom. The lowest BCUT2D eigenvalue weighted by molar-refractivity contribution is 0.0844. The van der Waals surface area contributed by atoms with Crippen LogP contribution in [0, 0.1) is 0 Å². The van der Waals surface area contributed by atoms with Crippen molar-refractivity contribution < 1.29 is 18.0 Å². The van der Waals surface area contributed by atoms with Crippen LogP contribution in [0.3, 0.4) is 0 Å². The Hall–Kier alpha value is -2.13. The molecule has 0 spiro atoms. The van der Waals surface area contributed by atoms with Gasteiger partial charge in [-0.15, -0.1) is 0 Å². The van der Waals surface area contributed by atoms with Crippen molar-refractivity contribution in [1.82, 2.24) is 15.8 Å². The van der Waals surface area contributed by atoms with Crippen LogP contribution in [0.1, 0.15) is 20.8 Å². The average molecular weight is 386 g/mol. The van der Waals surface area contributed by atoms with Crippen LogP contribution in [0.25, 0.3) is 0 Å². The number of hydrazine groups is 1. The Kier molecular flexibility index (Phi) is 4.67. The van der Waals surface area contributed by atoms with Crippen molar-refractivity contribution in [2.24, 2.45) is 0 Å². The van der Waals surface area contributed by atoms with E-state index in [9.17, 15) is 18.0 Å². The molecular weight excluding hydrogens is 374 g/mol. The molecule has 1 aromatic carbocycles. The number of benzene rings is 1. The molecule has 0 bridgehead atoms. The molecule has 0 aliphatic carbocycles. The highest BCUT2D eigenvalue weighted by Gasteiger charge is 2.13. The molecule has 1 aromatic heterocycles. The number of halogens is 1. The second kappa shape index (κ2) is 6.32. The van der Waals surface area contributed by atoms with E-state index in [2.05, 4.69) is 31.8 Å². The number of sulfone groups is 1. The summed E-state index contributed by atoms with van der Waals surface area (Å²) in [5.41, 5.74) is 4.83. The molecule has 3 N–H and O–H groups in total. The van der Waals surface area contributed by atoms with Crippen LogP contribution in [-0.2, 0) is 9.84 Å². The van der Waals surface area contributed by atoms with Gasteiger partial charge in [-0.25, -0.2) is 8.42 Å². The van der Waals surface area contributed by atoms with Crippen LogP contribution in [-0.4, -0.2) is 31.5 Å². The monoisotopic (exact) mass is 385 g/mol. The predicted octanol–water partition coefficient (Wildman–Crippen LogP) is 1.26.